The van der Waals surface area contributed by atoms with Crippen LogP contribution in [0.4, 0.5) is 11.4 Å². The van der Waals surface area contributed by atoms with Crippen LogP contribution in [0.25, 0.3) is 0 Å². The van der Waals surface area contributed by atoms with Crippen molar-refractivity contribution >= 4 is 23.2 Å². The molecule has 166 valence electrons. The molecule has 0 spiro atoms. The van der Waals surface area contributed by atoms with Gasteiger partial charge in [-0.15, -0.1) is 0 Å². The van der Waals surface area contributed by atoms with Gasteiger partial charge in [0.2, 0.25) is 11.7 Å². The van der Waals surface area contributed by atoms with Gasteiger partial charge in [-0.05, 0) is 55.7 Å². The highest BCUT2D eigenvalue weighted by Gasteiger charge is 2.17. The fourth-order valence-electron chi connectivity index (χ4n) is 3.59. The van der Waals surface area contributed by atoms with E-state index in [9.17, 15) is 9.59 Å². The zero-order valence-electron chi connectivity index (χ0n) is 18.2. The third-order valence-corrected chi connectivity index (χ3v) is 5.21. The molecule has 2 aromatic carbocycles. The van der Waals surface area contributed by atoms with E-state index in [-0.39, 0.29) is 12.5 Å². The van der Waals surface area contributed by atoms with E-state index in [1.54, 1.807) is 0 Å². The number of rotatable bonds is 8. The van der Waals surface area contributed by atoms with Crippen LogP contribution in [0.5, 0.6) is 17.2 Å². The number of hydrogen-bond acceptors (Lipinski definition) is 6. The summed E-state index contributed by atoms with van der Waals surface area (Å²) in [4.78, 5) is 27.1. The predicted molar refractivity (Wildman–Crippen MR) is 120 cm³/mol. The molecule has 1 saturated heterocycles. The van der Waals surface area contributed by atoms with Crippen LogP contribution in [0.15, 0.2) is 36.4 Å². The van der Waals surface area contributed by atoms with E-state index in [1.165, 1.54) is 52.7 Å². The number of carbonyl (C=O) groups is 2. The lowest BCUT2D eigenvalue weighted by atomic mass is 10.1. The van der Waals surface area contributed by atoms with E-state index in [0.29, 0.717) is 28.5 Å². The molecule has 2 N–H and O–H groups in total. The SMILES string of the molecule is COc1cc(C(=O)NCC(=O)Nc2ccc(N3CCCCC3)cc2)cc(OC)c1OC. The second kappa shape index (κ2) is 10.6. The van der Waals surface area contributed by atoms with Gasteiger partial charge in [-0.2, -0.15) is 0 Å². The Balaban J connectivity index is 1.56. The van der Waals surface area contributed by atoms with E-state index in [0.717, 1.165) is 18.8 Å². The van der Waals surface area contributed by atoms with Crippen molar-refractivity contribution in [2.24, 2.45) is 0 Å². The van der Waals surface area contributed by atoms with Gasteiger partial charge >= 0.3 is 0 Å². The molecule has 31 heavy (non-hydrogen) atoms. The molecule has 0 saturated carbocycles. The van der Waals surface area contributed by atoms with Crippen molar-refractivity contribution in [3.63, 3.8) is 0 Å². The van der Waals surface area contributed by atoms with Gasteiger partial charge < -0.3 is 29.7 Å². The summed E-state index contributed by atoms with van der Waals surface area (Å²) < 4.78 is 15.8. The topological polar surface area (TPSA) is 89.1 Å². The highest BCUT2D eigenvalue weighted by molar-refractivity contribution is 6.00. The minimum atomic E-state index is -0.421. The summed E-state index contributed by atoms with van der Waals surface area (Å²) in [7, 11) is 4.44. The maximum atomic E-state index is 12.5. The van der Waals surface area contributed by atoms with Gasteiger partial charge in [-0.25, -0.2) is 0 Å². The number of nitrogens with zero attached hydrogens (tertiary/aromatic N) is 1. The lowest BCUT2D eigenvalue weighted by molar-refractivity contribution is -0.115. The maximum Gasteiger partial charge on any atom is 0.251 e. The van der Waals surface area contributed by atoms with Crippen molar-refractivity contribution < 1.29 is 23.8 Å². The quantitative estimate of drug-likeness (QED) is 0.673. The van der Waals surface area contributed by atoms with Crippen molar-refractivity contribution in [1.82, 2.24) is 5.32 Å². The van der Waals surface area contributed by atoms with Gasteiger partial charge in [0.1, 0.15) is 0 Å². The number of hydrogen-bond donors (Lipinski definition) is 2. The molecule has 0 bridgehead atoms. The van der Waals surface area contributed by atoms with Crippen LogP contribution in [-0.4, -0.2) is 52.8 Å². The van der Waals surface area contributed by atoms with Gasteiger partial charge in [0.15, 0.2) is 11.5 Å². The van der Waals surface area contributed by atoms with E-state index >= 15 is 0 Å². The Morgan fingerprint density at radius 1 is 0.903 bits per heavy atom. The van der Waals surface area contributed by atoms with Crippen molar-refractivity contribution in [1.29, 1.82) is 0 Å². The summed E-state index contributed by atoms with van der Waals surface area (Å²) in [5, 5.41) is 5.41. The molecule has 1 fully saturated rings. The summed E-state index contributed by atoms with van der Waals surface area (Å²) in [5.41, 5.74) is 2.15. The van der Waals surface area contributed by atoms with E-state index in [1.807, 2.05) is 24.3 Å². The van der Waals surface area contributed by atoms with Gasteiger partial charge in [-0.1, -0.05) is 0 Å². The molecule has 8 nitrogen and oxygen atoms in total. The Kier molecular flexibility index (Phi) is 7.59. The zero-order chi connectivity index (χ0) is 22.2. The molecule has 3 rings (SSSR count). The van der Waals surface area contributed by atoms with Crippen LogP contribution in [-0.2, 0) is 4.79 Å². The number of ether oxygens (including phenoxy) is 3. The Bertz CT molecular complexity index is 883. The number of benzene rings is 2. The highest BCUT2D eigenvalue weighted by Crippen LogP contribution is 2.38. The van der Waals surface area contributed by atoms with E-state index in [4.69, 9.17) is 14.2 Å². The van der Waals surface area contributed by atoms with E-state index in [2.05, 4.69) is 15.5 Å². The molecular formula is C23H29N3O5. The number of carbonyl (C=O) groups excluding carboxylic acids is 2. The van der Waals surface area contributed by atoms with Crippen LogP contribution in [0, 0.1) is 0 Å². The predicted octanol–water partition coefficient (Wildman–Crippen LogP) is 3.07. The largest absolute Gasteiger partial charge is 0.493 e. The minimum absolute atomic E-state index is 0.163. The Hall–Kier alpha value is -3.42. The molecule has 8 heteroatoms. The molecule has 0 aliphatic carbocycles. The second-order valence-electron chi connectivity index (χ2n) is 7.24. The highest BCUT2D eigenvalue weighted by atomic mass is 16.5. The lowest BCUT2D eigenvalue weighted by Gasteiger charge is -2.28. The first-order valence-electron chi connectivity index (χ1n) is 10.3. The summed E-state index contributed by atoms with van der Waals surface area (Å²) >= 11 is 0. The van der Waals surface area contributed by atoms with Crippen LogP contribution in [0.1, 0.15) is 29.6 Å². The normalized spacial score (nSPS) is 13.3. The number of piperidine rings is 1. The Morgan fingerprint density at radius 3 is 2.06 bits per heavy atom. The minimum Gasteiger partial charge on any atom is -0.493 e. The second-order valence-corrected chi connectivity index (χ2v) is 7.24. The smallest absolute Gasteiger partial charge is 0.251 e. The van der Waals surface area contributed by atoms with Gasteiger partial charge in [-0.3, -0.25) is 9.59 Å². The summed E-state index contributed by atoms with van der Waals surface area (Å²) in [6.45, 7) is 1.97. The molecule has 2 aromatic rings. The molecule has 0 unspecified atom stereocenters. The zero-order valence-corrected chi connectivity index (χ0v) is 18.2. The molecule has 0 aromatic heterocycles. The number of anilines is 2. The molecule has 1 aliphatic rings. The average molecular weight is 428 g/mol. The standard InChI is InChI=1S/C23H29N3O5/c1-29-19-13-16(14-20(30-2)22(19)31-3)23(28)24-15-21(27)25-17-7-9-18(10-8-17)26-11-5-4-6-12-26/h7-10,13-14H,4-6,11-12,15H2,1-3H3,(H,24,28)(H,25,27). The summed E-state index contributed by atoms with van der Waals surface area (Å²) in [5.74, 6) is 0.393. The number of methoxy groups -OCH3 is 3. The molecule has 0 radical (unpaired) electrons. The summed E-state index contributed by atoms with van der Waals surface area (Å²) in [6.07, 6.45) is 3.71. The van der Waals surface area contributed by atoms with Crippen molar-refractivity contribution in [3.8, 4) is 17.2 Å². The van der Waals surface area contributed by atoms with Gasteiger partial charge in [0.05, 0.1) is 27.9 Å². The van der Waals surface area contributed by atoms with Crippen LogP contribution < -0.4 is 29.7 Å². The first-order valence-corrected chi connectivity index (χ1v) is 10.3. The monoisotopic (exact) mass is 427 g/mol. The fraction of sp³-hybridized carbons (Fsp3) is 0.391. The average Bonchev–Trinajstić information content (AvgIpc) is 2.82. The van der Waals surface area contributed by atoms with Crippen molar-refractivity contribution in [2.45, 2.75) is 19.3 Å². The fourth-order valence-corrected chi connectivity index (χ4v) is 3.59. The van der Waals surface area contributed by atoms with Gasteiger partial charge in [0, 0.05) is 30.0 Å². The molecular weight excluding hydrogens is 398 g/mol. The third-order valence-electron chi connectivity index (χ3n) is 5.21. The third kappa shape index (κ3) is 5.59. The van der Waals surface area contributed by atoms with E-state index < -0.39 is 5.91 Å². The van der Waals surface area contributed by atoms with Crippen molar-refractivity contribution in [3.05, 3.63) is 42.0 Å². The summed E-state index contributed by atoms with van der Waals surface area (Å²) in [6, 6.07) is 10.8. The first kappa shape index (κ1) is 22.3. The number of nitrogens with one attached hydrogen (secondary N) is 2. The van der Waals surface area contributed by atoms with Crippen LogP contribution in [0.2, 0.25) is 0 Å². The van der Waals surface area contributed by atoms with Gasteiger partial charge in [0.25, 0.3) is 5.91 Å². The molecule has 2 amide bonds. The molecule has 1 heterocycles. The Labute approximate surface area is 182 Å². The molecule has 1 aliphatic heterocycles. The Morgan fingerprint density at radius 2 is 1.52 bits per heavy atom. The maximum absolute atomic E-state index is 12.5. The van der Waals surface area contributed by atoms with Crippen LogP contribution >= 0.6 is 0 Å². The van der Waals surface area contributed by atoms with Crippen molar-refractivity contribution in [2.75, 3.05) is 51.2 Å². The first-order chi connectivity index (χ1) is 15.0. The van der Waals surface area contributed by atoms with Crippen LogP contribution in [0.3, 0.4) is 0 Å². The number of amides is 2. The molecule has 0 atom stereocenters. The lowest BCUT2D eigenvalue weighted by Crippen LogP contribution is -2.33.